The first-order valence-electron chi connectivity index (χ1n) is 5.07. The van der Waals surface area contributed by atoms with Crippen LogP contribution in [0, 0.1) is 10.1 Å². The van der Waals surface area contributed by atoms with Gasteiger partial charge in [0.15, 0.2) is 0 Å². The van der Waals surface area contributed by atoms with Crippen LogP contribution in [0.2, 0.25) is 10.4 Å². The summed E-state index contributed by atoms with van der Waals surface area (Å²) >= 11 is 11.3. The van der Waals surface area contributed by atoms with Crippen molar-refractivity contribution in [1.82, 2.24) is 15.0 Å². The van der Waals surface area contributed by atoms with Crippen molar-refractivity contribution in [1.29, 1.82) is 0 Å². The lowest BCUT2D eigenvalue weighted by molar-refractivity contribution is -0.385. The molecule has 0 aromatic carbocycles. The Kier molecular flexibility index (Phi) is 4.06. The summed E-state index contributed by atoms with van der Waals surface area (Å²) in [7, 11) is 0. The van der Waals surface area contributed by atoms with Crippen molar-refractivity contribution < 1.29 is 9.72 Å². The zero-order chi connectivity index (χ0) is 14.7. The molecule has 2 aromatic rings. The zero-order valence-electron chi connectivity index (χ0n) is 9.58. The number of amides is 1. The standard InChI is InChI=1S/C10H5Cl2N5O3/c11-8-6(3-5(4-14-8)17(19)20)9(18)15-7-1-2-13-10(12)16-7/h1-4H,(H,13,15,16,18). The molecular weight excluding hydrogens is 309 g/mol. The maximum Gasteiger partial charge on any atom is 0.288 e. The summed E-state index contributed by atoms with van der Waals surface area (Å²) in [6, 6.07) is 2.43. The van der Waals surface area contributed by atoms with Gasteiger partial charge in [0.2, 0.25) is 5.28 Å². The maximum absolute atomic E-state index is 12.0. The van der Waals surface area contributed by atoms with E-state index in [1.54, 1.807) is 0 Å². The second kappa shape index (κ2) is 5.76. The van der Waals surface area contributed by atoms with Crippen LogP contribution in [0.5, 0.6) is 0 Å². The fourth-order valence-corrected chi connectivity index (χ4v) is 1.62. The number of hydrogen-bond donors (Lipinski definition) is 1. The molecule has 0 atom stereocenters. The van der Waals surface area contributed by atoms with E-state index in [0.717, 1.165) is 12.3 Å². The second-order valence-electron chi connectivity index (χ2n) is 3.45. The summed E-state index contributed by atoms with van der Waals surface area (Å²) in [5.41, 5.74) is -0.490. The van der Waals surface area contributed by atoms with Crippen LogP contribution >= 0.6 is 23.2 Å². The fraction of sp³-hybridized carbons (Fsp3) is 0. The van der Waals surface area contributed by atoms with Crippen LogP contribution in [-0.4, -0.2) is 25.8 Å². The highest BCUT2D eigenvalue weighted by atomic mass is 35.5. The Hall–Kier alpha value is -2.32. The second-order valence-corrected chi connectivity index (χ2v) is 4.15. The van der Waals surface area contributed by atoms with Gasteiger partial charge in [-0.2, -0.15) is 0 Å². The number of nitrogens with zero attached hydrogens (tertiary/aromatic N) is 4. The number of halogens is 2. The first-order chi connectivity index (χ1) is 9.47. The van der Waals surface area contributed by atoms with E-state index in [4.69, 9.17) is 23.2 Å². The minimum absolute atomic E-state index is 0.0499. The molecule has 1 N–H and O–H groups in total. The Labute approximate surface area is 121 Å². The van der Waals surface area contributed by atoms with Gasteiger partial charge in [0.25, 0.3) is 11.6 Å². The maximum atomic E-state index is 12.0. The average Bonchev–Trinajstić information content (AvgIpc) is 2.38. The summed E-state index contributed by atoms with van der Waals surface area (Å²) in [5, 5.41) is 12.8. The predicted octanol–water partition coefficient (Wildman–Crippen LogP) is 2.34. The number of rotatable bonds is 3. The van der Waals surface area contributed by atoms with Crippen LogP contribution in [0.15, 0.2) is 24.5 Å². The van der Waals surface area contributed by atoms with Crippen molar-refractivity contribution in [3.63, 3.8) is 0 Å². The minimum Gasteiger partial charge on any atom is -0.306 e. The molecule has 0 saturated carbocycles. The molecule has 2 heterocycles. The van der Waals surface area contributed by atoms with Crippen LogP contribution in [0.25, 0.3) is 0 Å². The summed E-state index contributed by atoms with van der Waals surface area (Å²) in [6.45, 7) is 0. The highest BCUT2D eigenvalue weighted by molar-refractivity contribution is 6.33. The molecule has 0 bridgehead atoms. The topological polar surface area (TPSA) is 111 Å². The molecule has 8 nitrogen and oxygen atoms in total. The fourth-order valence-electron chi connectivity index (χ4n) is 1.28. The number of hydrogen-bond acceptors (Lipinski definition) is 6. The van der Waals surface area contributed by atoms with Gasteiger partial charge in [-0.3, -0.25) is 14.9 Å². The molecule has 0 spiro atoms. The molecular formula is C10H5Cl2N5O3. The lowest BCUT2D eigenvalue weighted by Gasteiger charge is -2.05. The molecule has 1 amide bonds. The Balaban J connectivity index is 2.29. The van der Waals surface area contributed by atoms with Crippen molar-refractivity contribution in [2.45, 2.75) is 0 Å². The quantitative estimate of drug-likeness (QED) is 0.403. The van der Waals surface area contributed by atoms with Crippen molar-refractivity contribution in [3.05, 3.63) is 50.6 Å². The number of nitrogens with one attached hydrogen (secondary N) is 1. The lowest BCUT2D eigenvalue weighted by atomic mass is 10.2. The first kappa shape index (κ1) is 14.1. The van der Waals surface area contributed by atoms with Gasteiger partial charge >= 0.3 is 0 Å². The SMILES string of the molecule is O=C(Nc1ccnc(Cl)n1)c1cc([N+](=O)[O-])cnc1Cl. The van der Waals surface area contributed by atoms with Gasteiger partial charge in [-0.1, -0.05) is 11.6 Å². The molecule has 10 heteroatoms. The van der Waals surface area contributed by atoms with Crippen LogP contribution in [-0.2, 0) is 0 Å². The first-order valence-corrected chi connectivity index (χ1v) is 5.83. The zero-order valence-corrected chi connectivity index (χ0v) is 11.1. The summed E-state index contributed by atoms with van der Waals surface area (Å²) < 4.78 is 0. The summed E-state index contributed by atoms with van der Waals surface area (Å²) in [4.78, 5) is 32.9. The van der Waals surface area contributed by atoms with E-state index >= 15 is 0 Å². The number of carbonyl (C=O) groups is 1. The third-order valence-electron chi connectivity index (χ3n) is 2.15. The normalized spacial score (nSPS) is 10.1. The largest absolute Gasteiger partial charge is 0.306 e. The van der Waals surface area contributed by atoms with E-state index in [1.807, 2.05) is 0 Å². The van der Waals surface area contributed by atoms with Crippen molar-refractivity contribution in [3.8, 4) is 0 Å². The van der Waals surface area contributed by atoms with Crippen LogP contribution in [0.4, 0.5) is 11.5 Å². The van der Waals surface area contributed by atoms with Crippen molar-refractivity contribution in [2.75, 3.05) is 5.32 Å². The Morgan fingerprint density at radius 1 is 1.35 bits per heavy atom. The van der Waals surface area contributed by atoms with E-state index in [2.05, 4.69) is 20.3 Å². The van der Waals surface area contributed by atoms with Crippen LogP contribution < -0.4 is 5.32 Å². The number of carbonyl (C=O) groups excluding carboxylic acids is 1. The number of aromatic nitrogens is 3. The smallest absolute Gasteiger partial charge is 0.288 e. The lowest BCUT2D eigenvalue weighted by Crippen LogP contribution is -2.14. The molecule has 20 heavy (non-hydrogen) atoms. The summed E-state index contributed by atoms with van der Waals surface area (Å²) in [6.07, 6.45) is 2.30. The Morgan fingerprint density at radius 2 is 2.10 bits per heavy atom. The van der Waals surface area contributed by atoms with E-state index < -0.39 is 10.8 Å². The molecule has 0 unspecified atom stereocenters. The van der Waals surface area contributed by atoms with Gasteiger partial charge in [0.1, 0.15) is 17.2 Å². The Bertz CT molecular complexity index is 694. The molecule has 0 saturated heterocycles. The number of nitro groups is 1. The monoisotopic (exact) mass is 313 g/mol. The average molecular weight is 314 g/mol. The van der Waals surface area contributed by atoms with Gasteiger partial charge in [-0.15, -0.1) is 0 Å². The van der Waals surface area contributed by atoms with E-state index in [-0.39, 0.29) is 27.5 Å². The molecule has 0 aliphatic heterocycles. The molecule has 0 aliphatic rings. The molecule has 2 aromatic heterocycles. The summed E-state index contributed by atoms with van der Waals surface area (Å²) in [5.74, 6) is -0.557. The molecule has 2 rings (SSSR count). The molecule has 0 aliphatic carbocycles. The van der Waals surface area contributed by atoms with Gasteiger partial charge in [0, 0.05) is 12.3 Å². The predicted molar refractivity (Wildman–Crippen MR) is 70.9 cm³/mol. The van der Waals surface area contributed by atoms with Crippen molar-refractivity contribution >= 4 is 40.6 Å². The van der Waals surface area contributed by atoms with Gasteiger partial charge in [-0.25, -0.2) is 15.0 Å². The van der Waals surface area contributed by atoms with Gasteiger partial charge < -0.3 is 5.32 Å². The van der Waals surface area contributed by atoms with E-state index in [0.29, 0.717) is 0 Å². The highest BCUT2D eigenvalue weighted by Gasteiger charge is 2.17. The molecule has 0 fully saturated rings. The minimum atomic E-state index is -0.694. The Morgan fingerprint density at radius 3 is 2.75 bits per heavy atom. The number of pyridine rings is 1. The van der Waals surface area contributed by atoms with E-state index in [1.165, 1.54) is 12.3 Å². The molecule has 102 valence electrons. The third-order valence-corrected chi connectivity index (χ3v) is 2.63. The molecule has 0 radical (unpaired) electrons. The van der Waals surface area contributed by atoms with Gasteiger partial charge in [0.05, 0.1) is 10.5 Å². The van der Waals surface area contributed by atoms with E-state index in [9.17, 15) is 14.9 Å². The highest BCUT2D eigenvalue weighted by Crippen LogP contribution is 2.20. The van der Waals surface area contributed by atoms with Crippen LogP contribution in [0.3, 0.4) is 0 Å². The number of anilines is 1. The van der Waals surface area contributed by atoms with Crippen molar-refractivity contribution in [2.24, 2.45) is 0 Å². The third kappa shape index (κ3) is 3.16. The van der Waals surface area contributed by atoms with Crippen LogP contribution in [0.1, 0.15) is 10.4 Å². The van der Waals surface area contributed by atoms with Gasteiger partial charge in [-0.05, 0) is 17.7 Å².